The van der Waals surface area contributed by atoms with Crippen molar-refractivity contribution in [2.75, 3.05) is 11.1 Å². The molecule has 0 aromatic heterocycles. The van der Waals surface area contributed by atoms with Gasteiger partial charge >= 0.3 is 0 Å². The second-order valence-corrected chi connectivity index (χ2v) is 5.88. The molecule has 0 atom stereocenters. The van der Waals surface area contributed by atoms with Crippen LogP contribution in [0.2, 0.25) is 5.02 Å². The van der Waals surface area contributed by atoms with Crippen molar-refractivity contribution in [3.05, 3.63) is 63.8 Å². The minimum Gasteiger partial charge on any atom is -0.397 e. The van der Waals surface area contributed by atoms with Crippen LogP contribution < -0.4 is 11.1 Å². The van der Waals surface area contributed by atoms with Crippen LogP contribution in [-0.4, -0.2) is 0 Å². The van der Waals surface area contributed by atoms with Gasteiger partial charge in [0.05, 0.1) is 16.4 Å². The molecule has 0 radical (unpaired) electrons. The first-order chi connectivity index (χ1) is 10.1. The molecule has 0 heterocycles. The standard InChI is InChI=1S/C16H11BrClFN2/c17-11-5-6-15(10-4-2-1-3-9(10)11)21-16-7-12(18)13(19)8-14(16)20/h1-8,21H,20H2. The quantitative estimate of drug-likeness (QED) is 0.570. The van der Waals surface area contributed by atoms with Crippen molar-refractivity contribution in [3.8, 4) is 0 Å². The maximum atomic E-state index is 13.4. The van der Waals surface area contributed by atoms with Gasteiger partial charge in [-0.2, -0.15) is 0 Å². The number of nitrogens with one attached hydrogen (secondary N) is 1. The lowest BCUT2D eigenvalue weighted by molar-refractivity contribution is 0.629. The van der Waals surface area contributed by atoms with Crippen LogP contribution in [0.15, 0.2) is 53.0 Å². The first kappa shape index (κ1) is 14.2. The average molecular weight is 366 g/mol. The smallest absolute Gasteiger partial charge is 0.143 e. The van der Waals surface area contributed by atoms with Gasteiger partial charge in [-0.25, -0.2) is 4.39 Å². The normalized spacial score (nSPS) is 10.8. The Labute approximate surface area is 134 Å². The number of hydrogen-bond donors (Lipinski definition) is 2. The Morgan fingerprint density at radius 3 is 2.48 bits per heavy atom. The molecule has 0 amide bonds. The second-order valence-electron chi connectivity index (χ2n) is 4.62. The van der Waals surface area contributed by atoms with E-state index in [1.54, 1.807) is 0 Å². The molecule has 5 heteroatoms. The number of nitrogen functional groups attached to an aromatic ring is 1. The highest BCUT2D eigenvalue weighted by Crippen LogP contribution is 2.34. The van der Waals surface area contributed by atoms with E-state index in [0.29, 0.717) is 11.4 Å². The van der Waals surface area contributed by atoms with Crippen LogP contribution in [0.1, 0.15) is 0 Å². The predicted octanol–water partition coefficient (Wildman–Crippen LogP) is 5.72. The molecule has 2 nitrogen and oxygen atoms in total. The number of halogens is 3. The predicted molar refractivity (Wildman–Crippen MR) is 90.8 cm³/mol. The van der Waals surface area contributed by atoms with Gasteiger partial charge in [-0.05, 0) is 23.6 Å². The summed E-state index contributed by atoms with van der Waals surface area (Å²) in [4.78, 5) is 0. The fourth-order valence-corrected chi connectivity index (χ4v) is 2.83. The highest BCUT2D eigenvalue weighted by atomic mass is 79.9. The van der Waals surface area contributed by atoms with Crippen LogP contribution in [0.3, 0.4) is 0 Å². The van der Waals surface area contributed by atoms with Crippen LogP contribution in [0.25, 0.3) is 10.8 Å². The average Bonchev–Trinajstić information content (AvgIpc) is 2.48. The third-order valence-electron chi connectivity index (χ3n) is 3.23. The van der Waals surface area contributed by atoms with E-state index in [0.717, 1.165) is 20.9 Å². The van der Waals surface area contributed by atoms with Crippen molar-refractivity contribution < 1.29 is 4.39 Å². The van der Waals surface area contributed by atoms with Crippen molar-refractivity contribution in [1.29, 1.82) is 0 Å². The van der Waals surface area contributed by atoms with Crippen LogP contribution in [0.5, 0.6) is 0 Å². The molecule has 3 N–H and O–H groups in total. The summed E-state index contributed by atoms with van der Waals surface area (Å²) in [6, 6.07) is 14.5. The number of hydrogen-bond acceptors (Lipinski definition) is 2. The first-order valence-electron chi connectivity index (χ1n) is 6.25. The van der Waals surface area contributed by atoms with Crippen molar-refractivity contribution in [3.63, 3.8) is 0 Å². The van der Waals surface area contributed by atoms with Gasteiger partial charge in [0.25, 0.3) is 0 Å². The Balaban J connectivity index is 2.11. The summed E-state index contributed by atoms with van der Waals surface area (Å²) in [7, 11) is 0. The third-order valence-corrected chi connectivity index (χ3v) is 4.21. The minimum absolute atomic E-state index is 0.0353. The van der Waals surface area contributed by atoms with E-state index in [1.165, 1.54) is 12.1 Å². The van der Waals surface area contributed by atoms with Gasteiger partial charge in [0.1, 0.15) is 5.82 Å². The van der Waals surface area contributed by atoms with Crippen LogP contribution in [0.4, 0.5) is 21.5 Å². The number of benzene rings is 3. The van der Waals surface area contributed by atoms with E-state index in [1.807, 2.05) is 36.4 Å². The zero-order valence-electron chi connectivity index (χ0n) is 10.8. The monoisotopic (exact) mass is 364 g/mol. The summed E-state index contributed by atoms with van der Waals surface area (Å²) >= 11 is 9.35. The molecule has 0 bridgehead atoms. The molecule has 0 unspecified atom stereocenters. The fraction of sp³-hybridized carbons (Fsp3) is 0. The van der Waals surface area contributed by atoms with Gasteiger partial charge in [-0.1, -0.05) is 51.8 Å². The molecule has 0 aliphatic rings. The van der Waals surface area contributed by atoms with Crippen LogP contribution >= 0.6 is 27.5 Å². The summed E-state index contributed by atoms with van der Waals surface area (Å²) in [5.74, 6) is -0.527. The van der Waals surface area contributed by atoms with Crippen molar-refractivity contribution >= 4 is 55.4 Å². The molecule has 3 aromatic carbocycles. The Hall–Kier alpha value is -1.78. The van der Waals surface area contributed by atoms with Crippen LogP contribution in [0, 0.1) is 5.82 Å². The second kappa shape index (κ2) is 5.54. The van der Waals surface area contributed by atoms with Gasteiger partial charge < -0.3 is 11.1 Å². The topological polar surface area (TPSA) is 38.0 Å². The van der Waals surface area contributed by atoms with Crippen LogP contribution in [-0.2, 0) is 0 Å². The van der Waals surface area contributed by atoms with Gasteiger partial charge in [0, 0.05) is 21.6 Å². The van der Waals surface area contributed by atoms with E-state index < -0.39 is 5.82 Å². The van der Waals surface area contributed by atoms with E-state index in [4.69, 9.17) is 17.3 Å². The van der Waals surface area contributed by atoms with Crippen molar-refractivity contribution in [2.24, 2.45) is 0 Å². The number of anilines is 3. The number of nitrogens with two attached hydrogens (primary N) is 1. The highest BCUT2D eigenvalue weighted by Gasteiger charge is 2.09. The highest BCUT2D eigenvalue weighted by molar-refractivity contribution is 9.10. The summed E-state index contributed by atoms with van der Waals surface area (Å²) in [5, 5.41) is 5.36. The molecule has 21 heavy (non-hydrogen) atoms. The summed E-state index contributed by atoms with van der Waals surface area (Å²) in [5.41, 5.74) is 7.61. The Kier molecular flexibility index (Phi) is 3.74. The van der Waals surface area contributed by atoms with Crippen molar-refractivity contribution in [2.45, 2.75) is 0 Å². The van der Waals surface area contributed by atoms with E-state index >= 15 is 0 Å². The van der Waals surface area contributed by atoms with Gasteiger partial charge in [-0.15, -0.1) is 0 Å². The lowest BCUT2D eigenvalue weighted by atomic mass is 10.1. The number of fused-ring (bicyclic) bond motifs is 1. The molecular formula is C16H11BrClFN2. The maximum absolute atomic E-state index is 13.4. The summed E-state index contributed by atoms with van der Waals surface area (Å²) in [6.07, 6.45) is 0. The lowest BCUT2D eigenvalue weighted by Gasteiger charge is -2.13. The molecule has 0 spiro atoms. The lowest BCUT2D eigenvalue weighted by Crippen LogP contribution is -1.98. The maximum Gasteiger partial charge on any atom is 0.143 e. The summed E-state index contributed by atoms with van der Waals surface area (Å²) in [6.45, 7) is 0. The Morgan fingerprint density at radius 1 is 1.00 bits per heavy atom. The zero-order chi connectivity index (χ0) is 15.0. The minimum atomic E-state index is -0.527. The van der Waals surface area contributed by atoms with Gasteiger partial charge in [0.2, 0.25) is 0 Å². The van der Waals surface area contributed by atoms with Gasteiger partial charge in [-0.3, -0.25) is 0 Å². The van der Waals surface area contributed by atoms with Crippen molar-refractivity contribution in [1.82, 2.24) is 0 Å². The molecule has 0 saturated carbocycles. The molecular weight excluding hydrogens is 355 g/mol. The van der Waals surface area contributed by atoms with E-state index in [9.17, 15) is 4.39 Å². The number of rotatable bonds is 2. The molecule has 3 rings (SSSR count). The third kappa shape index (κ3) is 2.69. The van der Waals surface area contributed by atoms with E-state index in [-0.39, 0.29) is 5.02 Å². The molecule has 106 valence electrons. The molecule has 0 aliphatic carbocycles. The molecule has 3 aromatic rings. The molecule has 0 saturated heterocycles. The van der Waals surface area contributed by atoms with Gasteiger partial charge in [0.15, 0.2) is 0 Å². The Morgan fingerprint density at radius 2 is 1.71 bits per heavy atom. The summed E-state index contributed by atoms with van der Waals surface area (Å²) < 4.78 is 14.4. The largest absolute Gasteiger partial charge is 0.397 e. The Bertz CT molecular complexity index is 836. The first-order valence-corrected chi connectivity index (χ1v) is 7.42. The molecule has 0 aliphatic heterocycles. The molecule has 0 fully saturated rings. The fourth-order valence-electron chi connectivity index (χ4n) is 2.19. The SMILES string of the molecule is Nc1cc(F)c(Cl)cc1Nc1ccc(Br)c2ccccc12. The van der Waals surface area contributed by atoms with E-state index in [2.05, 4.69) is 21.2 Å². The zero-order valence-corrected chi connectivity index (χ0v) is 13.2.